The summed E-state index contributed by atoms with van der Waals surface area (Å²) in [7, 11) is 0. The molecule has 1 saturated heterocycles. The maximum absolute atomic E-state index is 13.5. The van der Waals surface area contributed by atoms with Gasteiger partial charge in [0.2, 0.25) is 11.9 Å². The quantitative estimate of drug-likeness (QED) is 0.387. The third-order valence-corrected chi connectivity index (χ3v) is 5.75. The smallest absolute Gasteiger partial charge is 0.280 e. The van der Waals surface area contributed by atoms with E-state index in [2.05, 4.69) is 25.3 Å². The molecule has 0 spiro atoms. The first-order valence-electron chi connectivity index (χ1n) is 10.8. The number of rotatable bonds is 5. The molecular formula is C24H25N7O3. The Morgan fingerprint density at radius 1 is 0.971 bits per heavy atom. The molecule has 4 rings (SSSR count). The van der Waals surface area contributed by atoms with Gasteiger partial charge in [-0.3, -0.25) is 9.59 Å². The second-order valence-corrected chi connectivity index (χ2v) is 8.05. The van der Waals surface area contributed by atoms with Crippen molar-refractivity contribution < 1.29 is 14.3 Å². The van der Waals surface area contributed by atoms with Gasteiger partial charge in [0.05, 0.1) is 11.0 Å². The molecule has 0 bridgehead atoms. The van der Waals surface area contributed by atoms with E-state index < -0.39 is 11.3 Å². The number of carbonyl (C=O) groups excluding carboxylic acids is 2. The minimum absolute atomic E-state index is 0.166. The third kappa shape index (κ3) is 4.91. The molecule has 174 valence electrons. The fraction of sp³-hybridized carbons (Fsp3) is 0.250. The largest absolute Gasteiger partial charge is 0.387 e. The highest BCUT2D eigenvalue weighted by Gasteiger charge is 2.42. The number of nitrogen functional groups attached to an aromatic ring is 1. The Bertz CT molecular complexity index is 1200. The number of hydrogen-bond donors (Lipinski definition) is 3. The van der Waals surface area contributed by atoms with Crippen LogP contribution in [0, 0.1) is 0 Å². The summed E-state index contributed by atoms with van der Waals surface area (Å²) in [5.41, 5.74) is 13.2. The van der Waals surface area contributed by atoms with Crippen LogP contribution in [0.4, 0.5) is 11.8 Å². The van der Waals surface area contributed by atoms with Crippen molar-refractivity contribution >= 4 is 29.4 Å². The van der Waals surface area contributed by atoms with Gasteiger partial charge in [0.1, 0.15) is 11.7 Å². The normalized spacial score (nSPS) is 15.5. The van der Waals surface area contributed by atoms with Gasteiger partial charge in [-0.2, -0.15) is 4.99 Å². The first-order valence-corrected chi connectivity index (χ1v) is 10.8. The van der Waals surface area contributed by atoms with Crippen molar-refractivity contribution in [3.63, 3.8) is 0 Å². The van der Waals surface area contributed by atoms with Crippen LogP contribution in [0.15, 0.2) is 60.0 Å². The van der Waals surface area contributed by atoms with Crippen LogP contribution in [-0.2, 0) is 14.9 Å². The molecule has 1 aliphatic rings. The van der Waals surface area contributed by atoms with Crippen LogP contribution < -0.4 is 16.8 Å². The summed E-state index contributed by atoms with van der Waals surface area (Å²) < 4.78 is 5.54. The molecule has 3 aromatic rings. The number of ether oxygens (including phenoxy) is 1. The Labute approximate surface area is 196 Å². The second kappa shape index (κ2) is 9.75. The number of benzene rings is 1. The number of hydrogen-bond acceptors (Lipinski definition) is 7. The summed E-state index contributed by atoms with van der Waals surface area (Å²) >= 11 is 0. The highest BCUT2D eigenvalue weighted by molar-refractivity contribution is 6.02. The lowest BCUT2D eigenvalue weighted by Gasteiger charge is -2.36. The molecule has 2 amide bonds. The Morgan fingerprint density at radius 3 is 2.24 bits per heavy atom. The van der Waals surface area contributed by atoms with Gasteiger partial charge in [-0.25, -0.2) is 15.0 Å². The maximum Gasteiger partial charge on any atom is 0.280 e. The van der Waals surface area contributed by atoms with Gasteiger partial charge in [-0.05, 0) is 43.0 Å². The molecule has 3 heterocycles. The van der Waals surface area contributed by atoms with E-state index in [9.17, 15) is 9.59 Å². The highest BCUT2D eigenvalue weighted by atomic mass is 16.5. The number of amides is 2. The standard InChI is InChI=1S/C24H25N7O3/c1-15(25)30-21(32)17-4-7-20(27-12-17)31-22(33)24(8-10-34-11-9-24)19-5-2-16(3-6-19)18-13-28-23(26)29-14-18/h2-7,12-14H,8-11H2,1H3,(H2,25,30,32)(H2,26,28,29)(H,27,31,33). The number of aliphatic imine (C=N–C) groups is 1. The van der Waals surface area contributed by atoms with Crippen LogP contribution in [0.3, 0.4) is 0 Å². The predicted molar refractivity (Wildman–Crippen MR) is 128 cm³/mol. The first-order chi connectivity index (χ1) is 16.4. The molecule has 2 aromatic heterocycles. The van der Waals surface area contributed by atoms with Gasteiger partial charge >= 0.3 is 0 Å². The zero-order chi connectivity index (χ0) is 24.1. The number of nitrogens with two attached hydrogens (primary N) is 2. The van der Waals surface area contributed by atoms with Gasteiger partial charge < -0.3 is 21.5 Å². The summed E-state index contributed by atoms with van der Waals surface area (Å²) in [6, 6.07) is 10.9. The van der Waals surface area contributed by atoms with Crippen LogP contribution in [0.1, 0.15) is 35.7 Å². The van der Waals surface area contributed by atoms with E-state index in [1.54, 1.807) is 24.5 Å². The molecule has 10 nitrogen and oxygen atoms in total. The lowest BCUT2D eigenvalue weighted by Crippen LogP contribution is -2.45. The number of nitrogens with one attached hydrogen (secondary N) is 1. The number of anilines is 2. The van der Waals surface area contributed by atoms with Crippen LogP contribution in [0.25, 0.3) is 11.1 Å². The zero-order valence-electron chi connectivity index (χ0n) is 18.7. The van der Waals surface area contributed by atoms with E-state index in [0.29, 0.717) is 31.9 Å². The lowest BCUT2D eigenvalue weighted by atomic mass is 9.73. The minimum Gasteiger partial charge on any atom is -0.387 e. The molecule has 5 N–H and O–H groups in total. The van der Waals surface area contributed by atoms with Gasteiger partial charge in [0, 0.05) is 37.4 Å². The van der Waals surface area contributed by atoms with Crippen molar-refractivity contribution in [1.82, 2.24) is 15.0 Å². The van der Waals surface area contributed by atoms with Crippen molar-refractivity contribution in [3.8, 4) is 11.1 Å². The molecule has 1 aliphatic heterocycles. The SMILES string of the molecule is CC(N)=NC(=O)c1ccc(NC(=O)C2(c3ccc(-c4cnc(N)nc4)cc3)CCOCC2)nc1. The van der Waals surface area contributed by atoms with Gasteiger partial charge in [0.15, 0.2) is 0 Å². The Hall–Kier alpha value is -4.18. The zero-order valence-corrected chi connectivity index (χ0v) is 18.7. The number of amidine groups is 1. The average molecular weight is 460 g/mol. The van der Waals surface area contributed by atoms with Crippen molar-refractivity contribution in [1.29, 1.82) is 0 Å². The number of pyridine rings is 1. The summed E-state index contributed by atoms with van der Waals surface area (Å²) in [5, 5.41) is 2.90. The molecule has 1 fully saturated rings. The third-order valence-electron chi connectivity index (χ3n) is 5.75. The summed E-state index contributed by atoms with van der Waals surface area (Å²) in [4.78, 5) is 41.5. The Kier molecular flexibility index (Phi) is 6.60. The van der Waals surface area contributed by atoms with Crippen molar-refractivity contribution in [3.05, 3.63) is 66.1 Å². The fourth-order valence-corrected chi connectivity index (χ4v) is 3.89. The monoisotopic (exact) mass is 459 g/mol. The summed E-state index contributed by atoms with van der Waals surface area (Å²) in [6.07, 6.45) is 5.75. The van der Waals surface area contributed by atoms with Crippen LogP contribution in [-0.4, -0.2) is 45.8 Å². The molecule has 10 heteroatoms. The second-order valence-electron chi connectivity index (χ2n) is 8.05. The molecule has 0 aliphatic carbocycles. The van der Waals surface area contributed by atoms with E-state index >= 15 is 0 Å². The number of aromatic nitrogens is 3. The predicted octanol–water partition coefficient (Wildman–Crippen LogP) is 2.32. The minimum atomic E-state index is -0.772. The molecule has 0 unspecified atom stereocenters. The van der Waals surface area contributed by atoms with Crippen molar-refractivity contribution in [2.24, 2.45) is 10.7 Å². The Morgan fingerprint density at radius 2 is 1.65 bits per heavy atom. The molecule has 1 aromatic carbocycles. The molecule has 0 atom stereocenters. The average Bonchev–Trinajstić information content (AvgIpc) is 2.85. The fourth-order valence-electron chi connectivity index (χ4n) is 3.89. The molecule has 0 radical (unpaired) electrons. The van der Waals surface area contributed by atoms with E-state index in [1.165, 1.54) is 13.1 Å². The lowest BCUT2D eigenvalue weighted by molar-refractivity contribution is -0.125. The topological polar surface area (TPSA) is 158 Å². The Balaban J connectivity index is 1.56. The van der Waals surface area contributed by atoms with Gasteiger partial charge in [-0.1, -0.05) is 24.3 Å². The molecular weight excluding hydrogens is 434 g/mol. The summed E-state index contributed by atoms with van der Waals surface area (Å²) in [6.45, 7) is 2.47. The molecule has 0 saturated carbocycles. The maximum atomic E-state index is 13.5. The van der Waals surface area contributed by atoms with Crippen molar-refractivity contribution in [2.45, 2.75) is 25.2 Å². The van der Waals surface area contributed by atoms with E-state index in [-0.39, 0.29) is 23.3 Å². The highest BCUT2D eigenvalue weighted by Crippen LogP contribution is 2.37. The van der Waals surface area contributed by atoms with E-state index in [0.717, 1.165) is 16.7 Å². The van der Waals surface area contributed by atoms with E-state index in [4.69, 9.17) is 16.2 Å². The van der Waals surface area contributed by atoms with Crippen LogP contribution >= 0.6 is 0 Å². The number of carbonyl (C=O) groups is 2. The van der Waals surface area contributed by atoms with E-state index in [1.807, 2.05) is 24.3 Å². The van der Waals surface area contributed by atoms with Crippen LogP contribution in [0.2, 0.25) is 0 Å². The molecule has 34 heavy (non-hydrogen) atoms. The van der Waals surface area contributed by atoms with Crippen molar-refractivity contribution in [2.75, 3.05) is 24.3 Å². The first kappa shape index (κ1) is 23.0. The summed E-state index contributed by atoms with van der Waals surface area (Å²) in [5.74, 6) is 0.0568. The number of nitrogens with zero attached hydrogens (tertiary/aromatic N) is 4. The van der Waals surface area contributed by atoms with Gasteiger partial charge in [0.25, 0.3) is 5.91 Å². The van der Waals surface area contributed by atoms with Crippen LogP contribution in [0.5, 0.6) is 0 Å². The van der Waals surface area contributed by atoms with Gasteiger partial charge in [-0.15, -0.1) is 0 Å².